The Hall–Kier alpha value is -2.13. The molecule has 0 bridgehead atoms. The Balaban J connectivity index is 1.90. The van der Waals surface area contributed by atoms with Gasteiger partial charge in [-0.15, -0.1) is 10.2 Å². The zero-order valence-corrected chi connectivity index (χ0v) is 16.2. The monoisotopic (exact) mass is 422 g/mol. The third kappa shape index (κ3) is 3.09. The Morgan fingerprint density at radius 1 is 1.36 bits per heavy atom. The molecule has 1 unspecified atom stereocenters. The first-order valence-corrected chi connectivity index (χ1v) is 9.25. The van der Waals surface area contributed by atoms with Gasteiger partial charge in [0.05, 0.1) is 11.3 Å². The molecule has 130 valence electrons. The Labute approximate surface area is 156 Å². The molecule has 0 aliphatic carbocycles. The molecule has 0 saturated heterocycles. The van der Waals surface area contributed by atoms with Crippen LogP contribution in [0.1, 0.15) is 34.8 Å². The van der Waals surface area contributed by atoms with Crippen LogP contribution in [0.2, 0.25) is 0 Å². The highest BCUT2D eigenvalue weighted by Crippen LogP contribution is 2.36. The third-order valence-electron chi connectivity index (χ3n) is 3.93. The maximum Gasteiger partial charge on any atom is 0.300 e. The topological polar surface area (TPSA) is 92.3 Å². The number of hydrogen-bond donors (Lipinski definition) is 1. The normalized spacial score (nSPS) is 14.6. The Kier molecular flexibility index (Phi) is 4.70. The second-order valence-electron chi connectivity index (χ2n) is 5.64. The predicted molar refractivity (Wildman–Crippen MR) is 98.1 cm³/mol. The van der Waals surface area contributed by atoms with Crippen LogP contribution in [0.15, 0.2) is 16.6 Å². The second-order valence-corrected chi connectivity index (χ2v) is 7.62. The van der Waals surface area contributed by atoms with Crippen LogP contribution >= 0.6 is 27.3 Å². The Bertz CT molecular complexity index is 896. The molecule has 9 heteroatoms. The van der Waals surface area contributed by atoms with Gasteiger partial charge in [0.25, 0.3) is 11.7 Å². The van der Waals surface area contributed by atoms with Gasteiger partial charge in [-0.25, -0.2) is 0 Å². The minimum absolute atomic E-state index is 0.306. The van der Waals surface area contributed by atoms with Crippen molar-refractivity contribution in [2.75, 3.05) is 10.2 Å². The molecule has 7 nitrogen and oxygen atoms in total. The van der Waals surface area contributed by atoms with Crippen molar-refractivity contribution in [2.24, 2.45) is 0 Å². The van der Waals surface area contributed by atoms with Gasteiger partial charge in [-0.3, -0.25) is 24.6 Å². The third-order valence-corrected chi connectivity index (χ3v) is 5.37. The summed E-state index contributed by atoms with van der Waals surface area (Å²) in [6.07, 6.45) is 0.726. The van der Waals surface area contributed by atoms with E-state index in [4.69, 9.17) is 0 Å². The summed E-state index contributed by atoms with van der Waals surface area (Å²) >= 11 is 4.61. The van der Waals surface area contributed by atoms with Crippen LogP contribution in [0.25, 0.3) is 0 Å². The van der Waals surface area contributed by atoms with Crippen LogP contribution in [0.5, 0.6) is 0 Å². The largest absolute Gasteiger partial charge is 0.300 e. The fourth-order valence-electron chi connectivity index (χ4n) is 2.70. The van der Waals surface area contributed by atoms with Gasteiger partial charge >= 0.3 is 0 Å². The van der Waals surface area contributed by atoms with E-state index >= 15 is 0 Å². The van der Waals surface area contributed by atoms with Crippen molar-refractivity contribution in [1.29, 1.82) is 0 Å². The molecule has 1 aliphatic heterocycles. The second kappa shape index (κ2) is 6.64. The van der Waals surface area contributed by atoms with E-state index in [2.05, 4.69) is 31.4 Å². The van der Waals surface area contributed by atoms with Gasteiger partial charge in [-0.2, -0.15) is 0 Å². The molecule has 1 atom stereocenters. The first kappa shape index (κ1) is 17.7. The highest BCUT2D eigenvalue weighted by Gasteiger charge is 2.42. The molecule has 0 saturated carbocycles. The van der Waals surface area contributed by atoms with E-state index < -0.39 is 23.6 Å². The van der Waals surface area contributed by atoms with Crippen molar-refractivity contribution in [1.82, 2.24) is 10.2 Å². The van der Waals surface area contributed by atoms with E-state index in [1.54, 1.807) is 26.0 Å². The van der Waals surface area contributed by atoms with E-state index in [1.807, 2.05) is 6.92 Å². The standard InChI is InChI=1S/C16H15BrN4O3S/c1-4-11-19-20-16(25-11)18-14(23)8(3)21-12-7(2)5-9(17)6-10(12)13(22)15(21)24/h5-6,8H,4H2,1-3H3,(H,18,20,23). The number of halogens is 1. The van der Waals surface area contributed by atoms with E-state index in [1.165, 1.54) is 16.2 Å². The number of nitrogens with zero attached hydrogens (tertiary/aromatic N) is 3. The molecule has 2 heterocycles. The van der Waals surface area contributed by atoms with Crippen LogP contribution in [-0.4, -0.2) is 33.8 Å². The maximum absolute atomic E-state index is 12.6. The number of rotatable bonds is 4. The molecule has 0 radical (unpaired) electrons. The summed E-state index contributed by atoms with van der Waals surface area (Å²) in [5.74, 6) is -1.73. The van der Waals surface area contributed by atoms with Crippen molar-refractivity contribution < 1.29 is 14.4 Å². The first-order valence-electron chi connectivity index (χ1n) is 7.64. The van der Waals surface area contributed by atoms with E-state index in [0.717, 1.165) is 17.0 Å². The number of carbonyl (C=O) groups excluding carboxylic acids is 3. The number of anilines is 2. The predicted octanol–water partition coefficient (Wildman–Crippen LogP) is 2.73. The average molecular weight is 423 g/mol. The molecule has 2 amide bonds. The van der Waals surface area contributed by atoms with Crippen LogP contribution < -0.4 is 10.2 Å². The van der Waals surface area contributed by atoms with Gasteiger partial charge in [-0.1, -0.05) is 34.2 Å². The zero-order valence-electron chi connectivity index (χ0n) is 13.8. The summed E-state index contributed by atoms with van der Waals surface area (Å²) in [4.78, 5) is 38.5. The number of Topliss-reactive ketones (excluding diaryl/α,β-unsaturated/α-hetero) is 1. The van der Waals surface area contributed by atoms with E-state index in [0.29, 0.717) is 20.9 Å². The molecule has 25 heavy (non-hydrogen) atoms. The molecule has 1 aliphatic rings. The number of hydrogen-bond acceptors (Lipinski definition) is 6. The molecule has 0 fully saturated rings. The van der Waals surface area contributed by atoms with Gasteiger partial charge in [0.15, 0.2) is 0 Å². The van der Waals surface area contributed by atoms with Crippen molar-refractivity contribution in [3.05, 3.63) is 32.7 Å². The lowest BCUT2D eigenvalue weighted by atomic mass is 10.1. The summed E-state index contributed by atoms with van der Waals surface area (Å²) in [5, 5.41) is 11.7. The lowest BCUT2D eigenvalue weighted by Gasteiger charge is -2.24. The number of amides is 2. The number of aryl methyl sites for hydroxylation is 2. The van der Waals surface area contributed by atoms with Gasteiger partial charge in [0.1, 0.15) is 11.0 Å². The maximum atomic E-state index is 12.6. The summed E-state index contributed by atoms with van der Waals surface area (Å²) in [6, 6.07) is 2.55. The number of carbonyl (C=O) groups is 3. The van der Waals surface area contributed by atoms with Crippen LogP contribution in [0.3, 0.4) is 0 Å². The van der Waals surface area contributed by atoms with E-state index in [9.17, 15) is 14.4 Å². The number of aromatic nitrogens is 2. The van der Waals surface area contributed by atoms with E-state index in [-0.39, 0.29) is 0 Å². The average Bonchev–Trinajstić information content (AvgIpc) is 3.11. The summed E-state index contributed by atoms with van der Waals surface area (Å²) in [5.41, 5.74) is 1.53. The van der Waals surface area contributed by atoms with Crippen molar-refractivity contribution in [2.45, 2.75) is 33.2 Å². The summed E-state index contributed by atoms with van der Waals surface area (Å²) < 4.78 is 0.713. The smallest absolute Gasteiger partial charge is 0.299 e. The minimum atomic E-state index is -0.855. The minimum Gasteiger partial charge on any atom is -0.299 e. The lowest BCUT2D eigenvalue weighted by Crippen LogP contribution is -2.45. The highest BCUT2D eigenvalue weighted by atomic mass is 79.9. The molecule has 2 aromatic rings. The SMILES string of the molecule is CCc1nnc(NC(=O)C(C)N2C(=O)C(=O)c3cc(Br)cc(C)c32)s1. The summed E-state index contributed by atoms with van der Waals surface area (Å²) in [6.45, 7) is 5.32. The molecular weight excluding hydrogens is 408 g/mol. The quantitative estimate of drug-likeness (QED) is 0.764. The lowest BCUT2D eigenvalue weighted by molar-refractivity contribution is -0.120. The molecule has 3 rings (SSSR count). The first-order chi connectivity index (χ1) is 11.8. The molecule has 0 spiro atoms. The Morgan fingerprint density at radius 2 is 2.08 bits per heavy atom. The molecule has 1 N–H and O–H groups in total. The zero-order chi connectivity index (χ0) is 18.3. The molecule has 1 aromatic carbocycles. The van der Waals surface area contributed by atoms with Gasteiger partial charge < -0.3 is 0 Å². The number of nitrogens with one attached hydrogen (secondary N) is 1. The van der Waals surface area contributed by atoms with Crippen LogP contribution in [0, 0.1) is 6.92 Å². The van der Waals surface area contributed by atoms with Crippen molar-refractivity contribution >= 4 is 55.7 Å². The number of benzene rings is 1. The highest BCUT2D eigenvalue weighted by molar-refractivity contribution is 9.10. The summed E-state index contributed by atoms with van der Waals surface area (Å²) in [7, 11) is 0. The van der Waals surface area contributed by atoms with Gasteiger partial charge in [0.2, 0.25) is 11.0 Å². The van der Waals surface area contributed by atoms with Crippen LogP contribution in [-0.2, 0) is 16.0 Å². The van der Waals surface area contributed by atoms with Crippen LogP contribution in [0.4, 0.5) is 10.8 Å². The van der Waals surface area contributed by atoms with Gasteiger partial charge in [-0.05, 0) is 38.0 Å². The number of fused-ring (bicyclic) bond motifs is 1. The van der Waals surface area contributed by atoms with Crippen molar-refractivity contribution in [3.8, 4) is 0 Å². The molecular formula is C16H15BrN4O3S. The van der Waals surface area contributed by atoms with Crippen molar-refractivity contribution in [3.63, 3.8) is 0 Å². The number of ketones is 1. The fourth-order valence-corrected chi connectivity index (χ4v) is 3.95. The fraction of sp³-hybridized carbons (Fsp3) is 0.312. The van der Waals surface area contributed by atoms with Gasteiger partial charge in [0, 0.05) is 4.47 Å². The molecule has 1 aromatic heterocycles. The Morgan fingerprint density at radius 3 is 2.72 bits per heavy atom.